The van der Waals surface area contributed by atoms with Crippen LogP contribution in [0, 0.1) is 0 Å². The summed E-state index contributed by atoms with van der Waals surface area (Å²) in [6, 6.07) is 4.85. The first-order valence-corrected chi connectivity index (χ1v) is 6.54. The van der Waals surface area contributed by atoms with E-state index in [1.807, 2.05) is 25.1 Å². The zero-order chi connectivity index (χ0) is 14.7. The van der Waals surface area contributed by atoms with E-state index in [9.17, 15) is 4.79 Å². The van der Waals surface area contributed by atoms with Crippen LogP contribution in [0.15, 0.2) is 18.2 Å². The van der Waals surface area contributed by atoms with E-state index in [0.717, 1.165) is 17.1 Å². The van der Waals surface area contributed by atoms with Gasteiger partial charge < -0.3 is 25.2 Å². The fourth-order valence-electron chi connectivity index (χ4n) is 2.10. The molecule has 2 atom stereocenters. The largest absolute Gasteiger partial charge is 0.454 e. The van der Waals surface area contributed by atoms with Crippen LogP contribution in [-0.4, -0.2) is 48.4 Å². The number of likely N-dealkylation sites (N-methyl/N-ethyl adjacent to an activating group) is 1. The molecule has 3 N–H and O–H groups in total. The average Bonchev–Trinajstić information content (AvgIpc) is 2.92. The number of nitrogens with zero attached hydrogens (tertiary/aromatic N) is 1. The first-order chi connectivity index (χ1) is 9.52. The van der Waals surface area contributed by atoms with Crippen LogP contribution < -0.4 is 15.2 Å². The third-order valence-corrected chi connectivity index (χ3v) is 3.49. The maximum absolute atomic E-state index is 11.9. The Bertz CT molecular complexity index is 492. The molecule has 0 fully saturated rings. The van der Waals surface area contributed by atoms with Gasteiger partial charge in [0.1, 0.15) is 6.04 Å². The standard InChI is InChI=1S/C14H20N2O4/c1-9(16(2)14(18)11(15)7-17)5-10-3-4-12-13(6-10)20-8-19-12/h3-4,6,9,11,17H,5,7-8,15H2,1-2H3/t9?,11-/m0/s1. The van der Waals surface area contributed by atoms with Crippen LogP contribution in [-0.2, 0) is 11.2 Å². The molecule has 1 heterocycles. The van der Waals surface area contributed by atoms with Crippen molar-refractivity contribution in [3.05, 3.63) is 23.8 Å². The Morgan fingerprint density at radius 2 is 2.15 bits per heavy atom. The SMILES string of the molecule is CC(Cc1ccc2c(c1)OCO2)N(C)C(=O)[C@@H](N)CO. The van der Waals surface area contributed by atoms with Gasteiger partial charge in [-0.2, -0.15) is 0 Å². The van der Waals surface area contributed by atoms with E-state index in [2.05, 4.69) is 0 Å². The number of aliphatic hydroxyl groups excluding tert-OH is 1. The number of carbonyl (C=O) groups excluding carboxylic acids is 1. The van der Waals surface area contributed by atoms with E-state index in [1.54, 1.807) is 11.9 Å². The third kappa shape index (κ3) is 3.02. The first-order valence-electron chi connectivity index (χ1n) is 6.54. The molecular weight excluding hydrogens is 260 g/mol. The molecule has 0 bridgehead atoms. The van der Waals surface area contributed by atoms with Crippen molar-refractivity contribution in [1.29, 1.82) is 0 Å². The molecule has 1 aliphatic heterocycles. The Morgan fingerprint density at radius 3 is 2.85 bits per heavy atom. The van der Waals surface area contributed by atoms with Gasteiger partial charge in [0.15, 0.2) is 11.5 Å². The molecule has 2 rings (SSSR count). The highest BCUT2D eigenvalue weighted by Gasteiger charge is 2.22. The molecule has 1 unspecified atom stereocenters. The monoisotopic (exact) mass is 280 g/mol. The summed E-state index contributed by atoms with van der Waals surface area (Å²) in [7, 11) is 1.69. The maximum atomic E-state index is 11.9. The minimum Gasteiger partial charge on any atom is -0.454 e. The lowest BCUT2D eigenvalue weighted by Crippen LogP contribution is -2.47. The van der Waals surface area contributed by atoms with Crippen LogP contribution in [0.25, 0.3) is 0 Å². The lowest BCUT2D eigenvalue weighted by molar-refractivity contribution is -0.133. The van der Waals surface area contributed by atoms with Gasteiger partial charge in [-0.3, -0.25) is 4.79 Å². The molecule has 6 heteroatoms. The molecule has 0 saturated heterocycles. The zero-order valence-corrected chi connectivity index (χ0v) is 11.7. The van der Waals surface area contributed by atoms with Crippen LogP contribution in [0.5, 0.6) is 11.5 Å². The van der Waals surface area contributed by atoms with Crippen molar-refractivity contribution >= 4 is 5.91 Å². The van der Waals surface area contributed by atoms with Crippen molar-refractivity contribution in [2.45, 2.75) is 25.4 Å². The molecular formula is C14H20N2O4. The van der Waals surface area contributed by atoms with Gasteiger partial charge in [0.05, 0.1) is 6.61 Å². The van der Waals surface area contributed by atoms with Crippen LogP contribution in [0.3, 0.4) is 0 Å². The predicted molar refractivity (Wildman–Crippen MR) is 73.6 cm³/mol. The molecule has 110 valence electrons. The summed E-state index contributed by atoms with van der Waals surface area (Å²) in [5, 5.41) is 8.93. The summed E-state index contributed by atoms with van der Waals surface area (Å²) in [5.41, 5.74) is 6.60. The Hall–Kier alpha value is -1.79. The molecule has 1 aromatic rings. The Morgan fingerprint density at radius 1 is 1.45 bits per heavy atom. The molecule has 0 aliphatic carbocycles. The fourth-order valence-corrected chi connectivity index (χ4v) is 2.10. The molecule has 1 aromatic carbocycles. The van der Waals surface area contributed by atoms with Gasteiger partial charge in [0, 0.05) is 13.1 Å². The number of benzene rings is 1. The highest BCUT2D eigenvalue weighted by atomic mass is 16.7. The third-order valence-electron chi connectivity index (χ3n) is 3.49. The summed E-state index contributed by atoms with van der Waals surface area (Å²) in [4.78, 5) is 13.5. The molecule has 0 saturated carbocycles. The number of hydrogen-bond donors (Lipinski definition) is 2. The summed E-state index contributed by atoms with van der Waals surface area (Å²) in [6.45, 7) is 1.84. The molecule has 1 amide bonds. The molecule has 1 aliphatic rings. The number of fused-ring (bicyclic) bond motifs is 1. The summed E-state index contributed by atoms with van der Waals surface area (Å²) in [5.74, 6) is 1.21. The van der Waals surface area contributed by atoms with Gasteiger partial charge >= 0.3 is 0 Å². The molecule has 20 heavy (non-hydrogen) atoms. The summed E-state index contributed by atoms with van der Waals surface area (Å²) >= 11 is 0. The van der Waals surface area contributed by atoms with Crippen molar-refractivity contribution in [1.82, 2.24) is 4.90 Å². The minimum atomic E-state index is -0.862. The van der Waals surface area contributed by atoms with E-state index in [0.29, 0.717) is 6.42 Å². The van der Waals surface area contributed by atoms with E-state index in [1.165, 1.54) is 0 Å². The average molecular weight is 280 g/mol. The van der Waals surface area contributed by atoms with Crippen LogP contribution in [0.4, 0.5) is 0 Å². The van der Waals surface area contributed by atoms with Crippen LogP contribution in [0.1, 0.15) is 12.5 Å². The highest BCUT2D eigenvalue weighted by molar-refractivity contribution is 5.81. The van der Waals surface area contributed by atoms with Gasteiger partial charge in [-0.25, -0.2) is 0 Å². The van der Waals surface area contributed by atoms with Gasteiger partial charge in [0.25, 0.3) is 0 Å². The number of amides is 1. The van der Waals surface area contributed by atoms with Crippen LogP contribution >= 0.6 is 0 Å². The number of carbonyl (C=O) groups is 1. The van der Waals surface area contributed by atoms with Crippen molar-refractivity contribution in [2.24, 2.45) is 5.73 Å². The highest BCUT2D eigenvalue weighted by Crippen LogP contribution is 2.32. The zero-order valence-electron chi connectivity index (χ0n) is 11.7. The van der Waals surface area contributed by atoms with Crippen molar-refractivity contribution < 1.29 is 19.4 Å². The Labute approximate surface area is 118 Å². The lowest BCUT2D eigenvalue weighted by Gasteiger charge is -2.27. The fraction of sp³-hybridized carbons (Fsp3) is 0.500. The first kappa shape index (κ1) is 14.6. The normalized spacial score (nSPS) is 15.8. The quantitative estimate of drug-likeness (QED) is 0.800. The van der Waals surface area contributed by atoms with E-state index in [4.69, 9.17) is 20.3 Å². The van der Waals surface area contributed by atoms with Gasteiger partial charge in [-0.1, -0.05) is 6.07 Å². The predicted octanol–water partition coefficient (Wildman–Crippen LogP) is 0.124. The number of ether oxygens (including phenoxy) is 2. The maximum Gasteiger partial charge on any atom is 0.241 e. The van der Waals surface area contributed by atoms with Crippen LogP contribution in [0.2, 0.25) is 0 Å². The second kappa shape index (κ2) is 6.11. The topological polar surface area (TPSA) is 85.0 Å². The number of rotatable bonds is 5. The molecule has 0 radical (unpaired) electrons. The smallest absolute Gasteiger partial charge is 0.241 e. The van der Waals surface area contributed by atoms with E-state index >= 15 is 0 Å². The van der Waals surface area contributed by atoms with Gasteiger partial charge in [-0.15, -0.1) is 0 Å². The molecule has 0 spiro atoms. The van der Waals surface area contributed by atoms with Gasteiger partial charge in [-0.05, 0) is 31.0 Å². The number of aliphatic hydroxyl groups is 1. The Kier molecular flexibility index (Phi) is 4.46. The van der Waals surface area contributed by atoms with Crippen molar-refractivity contribution in [3.63, 3.8) is 0 Å². The van der Waals surface area contributed by atoms with E-state index in [-0.39, 0.29) is 25.3 Å². The van der Waals surface area contributed by atoms with Gasteiger partial charge in [0.2, 0.25) is 12.7 Å². The van der Waals surface area contributed by atoms with Crippen molar-refractivity contribution in [2.75, 3.05) is 20.4 Å². The number of hydrogen-bond acceptors (Lipinski definition) is 5. The summed E-state index contributed by atoms with van der Waals surface area (Å²) < 4.78 is 10.6. The minimum absolute atomic E-state index is 0.0273. The molecule has 0 aromatic heterocycles. The second-order valence-electron chi connectivity index (χ2n) is 4.98. The van der Waals surface area contributed by atoms with E-state index < -0.39 is 6.04 Å². The second-order valence-corrected chi connectivity index (χ2v) is 4.98. The van der Waals surface area contributed by atoms with Crippen molar-refractivity contribution in [3.8, 4) is 11.5 Å². The summed E-state index contributed by atoms with van der Waals surface area (Å²) in [6.07, 6.45) is 0.678. The Balaban J connectivity index is 2.00. The lowest BCUT2D eigenvalue weighted by atomic mass is 10.0. The number of nitrogens with two attached hydrogens (primary N) is 1. The molecule has 6 nitrogen and oxygen atoms in total.